The molecule has 180 valence electrons. The minimum Gasteiger partial charge on any atom is -0.423 e. The predicted molar refractivity (Wildman–Crippen MR) is 121 cm³/mol. The van der Waals surface area contributed by atoms with Gasteiger partial charge in [-0.3, -0.25) is 10.1 Å². The summed E-state index contributed by atoms with van der Waals surface area (Å²) in [6, 6.07) is 13.2. The van der Waals surface area contributed by atoms with Crippen LogP contribution in [-0.4, -0.2) is 13.3 Å². The lowest BCUT2D eigenvalue weighted by atomic mass is 9.99. The van der Waals surface area contributed by atoms with Gasteiger partial charge in [0.25, 0.3) is 5.69 Å². The number of halogens is 3. The highest BCUT2D eigenvalue weighted by Crippen LogP contribution is 2.41. The van der Waals surface area contributed by atoms with E-state index in [4.69, 9.17) is 9.56 Å². The molecule has 1 heterocycles. The molecule has 0 unspecified atom stereocenters. The van der Waals surface area contributed by atoms with Gasteiger partial charge in [0, 0.05) is 29.3 Å². The van der Waals surface area contributed by atoms with Gasteiger partial charge in [0.1, 0.15) is 5.58 Å². The Hall–Kier alpha value is -4.23. The monoisotopic (exact) mass is 505 g/mol. The third-order valence-corrected chi connectivity index (χ3v) is 5.98. The molecule has 0 amide bonds. The van der Waals surface area contributed by atoms with Crippen LogP contribution >= 0.6 is 0 Å². The molecule has 9 nitrogen and oxygen atoms in total. The van der Waals surface area contributed by atoms with Crippen molar-refractivity contribution in [3.8, 4) is 11.1 Å². The Morgan fingerprint density at radius 1 is 1.00 bits per heavy atom. The molecule has 13 heteroatoms. The van der Waals surface area contributed by atoms with Crippen LogP contribution in [0.3, 0.4) is 0 Å². The number of nitro groups is 1. The van der Waals surface area contributed by atoms with E-state index in [2.05, 4.69) is 5.32 Å². The second kappa shape index (κ2) is 8.52. The van der Waals surface area contributed by atoms with E-state index >= 15 is 0 Å². The number of primary sulfonamides is 1. The predicted octanol–water partition coefficient (Wildman–Crippen LogP) is 4.78. The van der Waals surface area contributed by atoms with Crippen molar-refractivity contribution in [1.29, 1.82) is 0 Å². The van der Waals surface area contributed by atoms with Gasteiger partial charge >= 0.3 is 11.8 Å². The van der Waals surface area contributed by atoms with Gasteiger partial charge < -0.3 is 9.73 Å². The number of nitro benzene ring substituents is 1. The van der Waals surface area contributed by atoms with Crippen molar-refractivity contribution in [3.05, 3.63) is 92.8 Å². The number of hydrogen-bond acceptors (Lipinski definition) is 7. The topological polar surface area (TPSA) is 146 Å². The lowest BCUT2D eigenvalue weighted by Crippen LogP contribution is -2.20. The van der Waals surface area contributed by atoms with E-state index < -0.39 is 42.8 Å². The molecule has 3 N–H and O–H groups in total. The van der Waals surface area contributed by atoms with Gasteiger partial charge in [0.05, 0.1) is 21.1 Å². The van der Waals surface area contributed by atoms with E-state index in [1.807, 2.05) is 0 Å². The Balaban J connectivity index is 1.77. The van der Waals surface area contributed by atoms with E-state index in [9.17, 15) is 36.5 Å². The standard InChI is InChI=1S/C22H14F3N3O6S/c23-22(24,25)21-15(2-1-3-19(21)35(26,32)33)12-4-6-13(7-5-12)27-17-11-20(29)34-18-9-8-14(28(30)31)10-16(17)18/h1-11,27H,(H2,26,32,33). The normalized spacial score (nSPS) is 12.0. The van der Waals surface area contributed by atoms with Gasteiger partial charge in [0.15, 0.2) is 0 Å². The van der Waals surface area contributed by atoms with Gasteiger partial charge in [0.2, 0.25) is 10.0 Å². The maximum absolute atomic E-state index is 13.7. The molecule has 1 aromatic heterocycles. The lowest BCUT2D eigenvalue weighted by molar-refractivity contribution is -0.384. The van der Waals surface area contributed by atoms with Crippen LogP contribution in [0.25, 0.3) is 22.1 Å². The molecule has 0 aliphatic carbocycles. The van der Waals surface area contributed by atoms with Crippen molar-refractivity contribution in [2.45, 2.75) is 11.1 Å². The van der Waals surface area contributed by atoms with Crippen molar-refractivity contribution in [3.63, 3.8) is 0 Å². The maximum Gasteiger partial charge on any atom is 0.418 e. The Morgan fingerprint density at radius 2 is 1.69 bits per heavy atom. The number of alkyl halides is 3. The molecule has 0 bridgehead atoms. The van der Waals surface area contributed by atoms with Crippen LogP contribution in [0.4, 0.5) is 30.2 Å². The average molecular weight is 505 g/mol. The molecule has 0 fully saturated rings. The zero-order valence-corrected chi connectivity index (χ0v) is 18.2. The molecule has 4 rings (SSSR count). The Morgan fingerprint density at radius 3 is 2.29 bits per heavy atom. The van der Waals surface area contributed by atoms with Crippen LogP contribution in [0.15, 0.2) is 80.8 Å². The fourth-order valence-electron chi connectivity index (χ4n) is 3.56. The molecule has 0 spiro atoms. The fourth-order valence-corrected chi connectivity index (χ4v) is 4.34. The minimum atomic E-state index is -5.00. The SMILES string of the molecule is NS(=O)(=O)c1cccc(-c2ccc(Nc3cc(=O)oc4ccc([N+](=O)[O-])cc34)cc2)c1C(F)(F)F. The number of nitrogens with one attached hydrogen (secondary N) is 1. The number of benzene rings is 3. The number of rotatable bonds is 5. The van der Waals surface area contributed by atoms with Crippen LogP contribution in [0.5, 0.6) is 0 Å². The summed E-state index contributed by atoms with van der Waals surface area (Å²) in [5.74, 6) is 0. The molecule has 0 saturated carbocycles. The largest absolute Gasteiger partial charge is 0.423 e. The first-order valence-corrected chi connectivity index (χ1v) is 11.2. The van der Waals surface area contributed by atoms with E-state index in [0.717, 1.165) is 24.3 Å². The average Bonchev–Trinajstić information content (AvgIpc) is 2.77. The zero-order chi connectivity index (χ0) is 25.5. The Kier molecular flexibility index (Phi) is 5.82. The molecule has 0 aliphatic heterocycles. The quantitative estimate of drug-likeness (QED) is 0.226. The number of nitrogens with two attached hydrogens (primary N) is 1. The second-order valence-corrected chi connectivity index (χ2v) is 8.87. The number of nitrogens with zero attached hydrogens (tertiary/aromatic N) is 1. The first kappa shape index (κ1) is 23.9. The molecular formula is C22H14F3N3O6S. The first-order chi connectivity index (χ1) is 16.3. The molecule has 0 aliphatic rings. The fraction of sp³-hybridized carbons (Fsp3) is 0.0455. The van der Waals surface area contributed by atoms with E-state index in [-0.39, 0.29) is 27.9 Å². The van der Waals surface area contributed by atoms with Crippen molar-refractivity contribution >= 4 is 38.1 Å². The maximum atomic E-state index is 13.7. The summed E-state index contributed by atoms with van der Waals surface area (Å²) in [7, 11) is -4.65. The van der Waals surface area contributed by atoms with Gasteiger partial charge in [-0.2, -0.15) is 13.2 Å². The summed E-state index contributed by atoms with van der Waals surface area (Å²) in [5.41, 5.74) is -2.07. The van der Waals surface area contributed by atoms with Gasteiger partial charge in [-0.1, -0.05) is 24.3 Å². The van der Waals surface area contributed by atoms with E-state index in [1.165, 1.54) is 42.5 Å². The molecular weight excluding hydrogens is 491 g/mol. The Labute approximate surface area is 194 Å². The number of anilines is 2. The number of fused-ring (bicyclic) bond motifs is 1. The molecule has 0 radical (unpaired) electrons. The highest BCUT2D eigenvalue weighted by atomic mass is 32.2. The molecule has 3 aromatic carbocycles. The van der Waals surface area contributed by atoms with Crippen molar-refractivity contribution in [1.82, 2.24) is 0 Å². The molecule has 35 heavy (non-hydrogen) atoms. The van der Waals surface area contributed by atoms with Crippen LogP contribution in [0.1, 0.15) is 5.56 Å². The summed E-state index contributed by atoms with van der Waals surface area (Å²) >= 11 is 0. The van der Waals surface area contributed by atoms with Crippen molar-refractivity contribution < 1.29 is 30.9 Å². The summed E-state index contributed by atoms with van der Waals surface area (Å²) < 4.78 is 69.8. The molecule has 4 aromatic rings. The summed E-state index contributed by atoms with van der Waals surface area (Å²) in [6.45, 7) is 0. The third kappa shape index (κ3) is 4.85. The summed E-state index contributed by atoms with van der Waals surface area (Å²) in [6.07, 6.45) is -5.00. The number of hydrogen-bond donors (Lipinski definition) is 2. The lowest BCUT2D eigenvalue weighted by Gasteiger charge is -2.17. The second-order valence-electron chi connectivity index (χ2n) is 7.34. The van der Waals surface area contributed by atoms with Crippen LogP contribution in [0, 0.1) is 10.1 Å². The highest BCUT2D eigenvalue weighted by Gasteiger charge is 2.39. The first-order valence-electron chi connectivity index (χ1n) is 9.67. The smallest absolute Gasteiger partial charge is 0.418 e. The van der Waals surface area contributed by atoms with Crippen molar-refractivity contribution in [2.75, 3.05) is 5.32 Å². The zero-order valence-electron chi connectivity index (χ0n) is 17.4. The number of sulfonamides is 1. The van der Waals surface area contributed by atoms with Gasteiger partial charge in [-0.25, -0.2) is 18.4 Å². The summed E-state index contributed by atoms with van der Waals surface area (Å²) in [4.78, 5) is 21.3. The van der Waals surface area contributed by atoms with E-state index in [0.29, 0.717) is 5.69 Å². The van der Waals surface area contributed by atoms with Crippen LogP contribution in [-0.2, 0) is 16.2 Å². The van der Waals surface area contributed by atoms with E-state index in [1.54, 1.807) is 0 Å². The Bertz CT molecular complexity index is 1630. The summed E-state index contributed by atoms with van der Waals surface area (Å²) in [5, 5.41) is 19.2. The molecule has 0 atom stereocenters. The highest BCUT2D eigenvalue weighted by molar-refractivity contribution is 7.89. The van der Waals surface area contributed by atoms with Gasteiger partial charge in [-0.05, 0) is 35.4 Å². The van der Waals surface area contributed by atoms with Crippen LogP contribution in [0.2, 0.25) is 0 Å². The number of non-ortho nitro benzene ring substituents is 1. The van der Waals surface area contributed by atoms with Crippen molar-refractivity contribution in [2.24, 2.45) is 5.14 Å². The molecule has 0 saturated heterocycles. The van der Waals surface area contributed by atoms with Gasteiger partial charge in [-0.15, -0.1) is 0 Å². The van der Waals surface area contributed by atoms with Crippen LogP contribution < -0.4 is 16.1 Å². The third-order valence-electron chi connectivity index (χ3n) is 5.03. The minimum absolute atomic E-state index is 0.0569.